The van der Waals surface area contributed by atoms with E-state index in [-0.39, 0.29) is 11.4 Å². The van der Waals surface area contributed by atoms with Gasteiger partial charge in [0.25, 0.3) is 5.91 Å². The molecule has 1 heterocycles. The number of nitrogens with zero attached hydrogens (tertiary/aromatic N) is 3. The third kappa shape index (κ3) is 3.04. The Morgan fingerprint density at radius 3 is 2.65 bits per heavy atom. The maximum atomic E-state index is 12.1. The van der Waals surface area contributed by atoms with Crippen molar-refractivity contribution < 1.29 is 4.79 Å². The van der Waals surface area contributed by atoms with Gasteiger partial charge in [0.2, 0.25) is 0 Å². The SMILES string of the molecule is CN(C(=O)c1ccc(C#N)cn1)C(C)(C)CBr. The molecule has 0 saturated heterocycles. The van der Waals surface area contributed by atoms with Crippen LogP contribution in [0, 0.1) is 11.3 Å². The molecule has 5 heteroatoms. The third-order valence-corrected chi connectivity index (χ3v) is 4.02. The van der Waals surface area contributed by atoms with Crippen LogP contribution in [0.1, 0.15) is 29.9 Å². The van der Waals surface area contributed by atoms with E-state index >= 15 is 0 Å². The number of alkyl halides is 1. The molecule has 1 aromatic rings. The van der Waals surface area contributed by atoms with Crippen molar-refractivity contribution >= 4 is 21.8 Å². The lowest BCUT2D eigenvalue weighted by molar-refractivity contribution is 0.0657. The molecule has 0 atom stereocenters. The predicted octanol–water partition coefficient (Wildman–Crippen LogP) is 2.20. The van der Waals surface area contributed by atoms with Gasteiger partial charge in [0.15, 0.2) is 0 Å². The lowest BCUT2D eigenvalue weighted by atomic mass is 10.1. The summed E-state index contributed by atoms with van der Waals surface area (Å²) in [6.07, 6.45) is 1.40. The molecule has 1 rings (SSSR count). The minimum Gasteiger partial charge on any atom is -0.334 e. The average Bonchev–Trinajstić information content (AvgIpc) is 2.37. The molecule has 0 bridgehead atoms. The molecular weight excluding hydrogens is 282 g/mol. The summed E-state index contributed by atoms with van der Waals surface area (Å²) >= 11 is 3.38. The van der Waals surface area contributed by atoms with Crippen LogP contribution < -0.4 is 0 Å². The Balaban J connectivity index is 2.93. The molecule has 0 spiro atoms. The Kier molecular flexibility index (Phi) is 4.24. The van der Waals surface area contributed by atoms with Gasteiger partial charge in [-0.1, -0.05) is 15.9 Å². The van der Waals surface area contributed by atoms with Crippen molar-refractivity contribution in [3.05, 3.63) is 29.6 Å². The second-order valence-electron chi connectivity index (χ2n) is 4.35. The van der Waals surface area contributed by atoms with E-state index in [4.69, 9.17) is 5.26 Å². The number of hydrogen-bond donors (Lipinski definition) is 0. The number of aromatic nitrogens is 1. The summed E-state index contributed by atoms with van der Waals surface area (Å²) in [6, 6.07) is 5.13. The molecule has 0 aliphatic rings. The number of halogens is 1. The molecule has 90 valence electrons. The van der Waals surface area contributed by atoms with Gasteiger partial charge in [-0.15, -0.1) is 0 Å². The molecule has 0 fully saturated rings. The van der Waals surface area contributed by atoms with E-state index < -0.39 is 0 Å². The average molecular weight is 296 g/mol. The zero-order chi connectivity index (χ0) is 13.1. The molecule has 0 aromatic carbocycles. The first-order valence-corrected chi connectivity index (χ1v) is 6.25. The number of hydrogen-bond acceptors (Lipinski definition) is 3. The summed E-state index contributed by atoms with van der Waals surface area (Å²) in [4.78, 5) is 17.7. The molecule has 0 unspecified atom stereocenters. The fourth-order valence-electron chi connectivity index (χ4n) is 1.12. The summed E-state index contributed by atoms with van der Waals surface area (Å²) in [7, 11) is 1.74. The maximum Gasteiger partial charge on any atom is 0.272 e. The number of carbonyl (C=O) groups is 1. The van der Waals surface area contributed by atoms with Crippen molar-refractivity contribution in [2.24, 2.45) is 0 Å². The maximum absolute atomic E-state index is 12.1. The largest absolute Gasteiger partial charge is 0.334 e. The monoisotopic (exact) mass is 295 g/mol. The number of nitriles is 1. The van der Waals surface area contributed by atoms with Crippen molar-refractivity contribution in [3.8, 4) is 6.07 Å². The van der Waals surface area contributed by atoms with Gasteiger partial charge >= 0.3 is 0 Å². The molecule has 4 nitrogen and oxygen atoms in total. The Morgan fingerprint density at radius 2 is 2.24 bits per heavy atom. The van der Waals surface area contributed by atoms with Crippen molar-refractivity contribution in [1.29, 1.82) is 5.26 Å². The molecular formula is C12H14BrN3O. The van der Waals surface area contributed by atoms with Gasteiger partial charge in [-0.3, -0.25) is 4.79 Å². The van der Waals surface area contributed by atoms with Crippen LogP contribution in [0.4, 0.5) is 0 Å². The highest BCUT2D eigenvalue weighted by Gasteiger charge is 2.27. The minimum atomic E-state index is -0.285. The van der Waals surface area contributed by atoms with E-state index in [1.54, 1.807) is 24.1 Å². The van der Waals surface area contributed by atoms with E-state index in [0.29, 0.717) is 16.6 Å². The van der Waals surface area contributed by atoms with Crippen LogP contribution in [-0.4, -0.2) is 33.7 Å². The zero-order valence-corrected chi connectivity index (χ0v) is 11.7. The van der Waals surface area contributed by atoms with Gasteiger partial charge in [-0.25, -0.2) is 4.98 Å². The zero-order valence-electron chi connectivity index (χ0n) is 10.1. The van der Waals surface area contributed by atoms with Crippen LogP contribution in [0.15, 0.2) is 18.3 Å². The Bertz CT molecular complexity index is 448. The van der Waals surface area contributed by atoms with E-state index in [1.165, 1.54) is 6.20 Å². The topological polar surface area (TPSA) is 57.0 Å². The molecule has 0 aliphatic carbocycles. The first-order chi connectivity index (χ1) is 7.92. The molecule has 0 aliphatic heterocycles. The summed E-state index contributed by atoms with van der Waals surface area (Å²) in [5.74, 6) is -0.154. The van der Waals surface area contributed by atoms with Crippen LogP contribution in [-0.2, 0) is 0 Å². The van der Waals surface area contributed by atoms with E-state index in [1.807, 2.05) is 19.9 Å². The fourth-order valence-corrected chi connectivity index (χ4v) is 1.50. The second kappa shape index (κ2) is 5.28. The van der Waals surface area contributed by atoms with Crippen LogP contribution in [0.2, 0.25) is 0 Å². The first kappa shape index (κ1) is 13.7. The van der Waals surface area contributed by atoms with Gasteiger partial charge < -0.3 is 4.90 Å². The van der Waals surface area contributed by atoms with Crippen molar-refractivity contribution in [2.75, 3.05) is 12.4 Å². The summed E-state index contributed by atoms with van der Waals surface area (Å²) in [5.41, 5.74) is 0.511. The number of pyridine rings is 1. The lowest BCUT2D eigenvalue weighted by Crippen LogP contribution is -2.46. The lowest BCUT2D eigenvalue weighted by Gasteiger charge is -2.33. The first-order valence-electron chi connectivity index (χ1n) is 5.12. The third-order valence-electron chi connectivity index (χ3n) is 2.65. The highest BCUT2D eigenvalue weighted by atomic mass is 79.9. The van der Waals surface area contributed by atoms with E-state index in [0.717, 1.165) is 0 Å². The highest BCUT2D eigenvalue weighted by Crippen LogP contribution is 2.17. The molecule has 0 saturated carbocycles. The number of amides is 1. The van der Waals surface area contributed by atoms with Crippen LogP contribution in [0.3, 0.4) is 0 Å². The molecule has 0 N–H and O–H groups in total. The highest BCUT2D eigenvalue weighted by molar-refractivity contribution is 9.09. The van der Waals surface area contributed by atoms with Crippen molar-refractivity contribution in [2.45, 2.75) is 19.4 Å². The smallest absolute Gasteiger partial charge is 0.272 e. The summed E-state index contributed by atoms with van der Waals surface area (Å²) in [6.45, 7) is 3.92. The van der Waals surface area contributed by atoms with Crippen LogP contribution in [0.5, 0.6) is 0 Å². The fraction of sp³-hybridized carbons (Fsp3) is 0.417. The molecule has 0 radical (unpaired) electrons. The quantitative estimate of drug-likeness (QED) is 0.803. The second-order valence-corrected chi connectivity index (χ2v) is 4.91. The van der Waals surface area contributed by atoms with Gasteiger partial charge in [0.05, 0.1) is 5.56 Å². The minimum absolute atomic E-state index is 0.154. The van der Waals surface area contributed by atoms with Gasteiger partial charge in [0.1, 0.15) is 11.8 Å². The van der Waals surface area contributed by atoms with E-state index in [9.17, 15) is 4.79 Å². The Morgan fingerprint density at radius 1 is 1.59 bits per heavy atom. The van der Waals surface area contributed by atoms with E-state index in [2.05, 4.69) is 20.9 Å². The molecule has 1 amide bonds. The summed E-state index contributed by atoms with van der Waals surface area (Å²) in [5, 5.41) is 9.33. The molecule has 17 heavy (non-hydrogen) atoms. The Labute approximate surface area is 109 Å². The van der Waals surface area contributed by atoms with Crippen LogP contribution >= 0.6 is 15.9 Å². The van der Waals surface area contributed by atoms with Crippen molar-refractivity contribution in [3.63, 3.8) is 0 Å². The summed E-state index contributed by atoms with van der Waals surface area (Å²) < 4.78 is 0. The van der Waals surface area contributed by atoms with Gasteiger partial charge in [0, 0.05) is 24.1 Å². The predicted molar refractivity (Wildman–Crippen MR) is 68.9 cm³/mol. The van der Waals surface area contributed by atoms with Gasteiger partial charge in [-0.05, 0) is 26.0 Å². The number of rotatable bonds is 3. The standard InChI is InChI=1S/C12H14BrN3O/c1-12(2,8-13)16(3)11(17)10-5-4-9(6-14)7-15-10/h4-5,7H,8H2,1-3H3. The number of carbonyl (C=O) groups excluding carboxylic acids is 1. The molecule has 1 aromatic heterocycles. The van der Waals surface area contributed by atoms with Crippen LogP contribution in [0.25, 0.3) is 0 Å². The normalized spacial score (nSPS) is 10.8. The van der Waals surface area contributed by atoms with Gasteiger partial charge in [-0.2, -0.15) is 5.26 Å². The van der Waals surface area contributed by atoms with Crippen molar-refractivity contribution in [1.82, 2.24) is 9.88 Å². The Hall–Kier alpha value is -1.41.